The fraction of sp³-hybridized carbons (Fsp3) is 0.350. The first kappa shape index (κ1) is 17.5. The van der Waals surface area contributed by atoms with Crippen molar-refractivity contribution in [3.8, 4) is 5.75 Å². The number of hydrogen-bond donors (Lipinski definition) is 2. The maximum absolute atomic E-state index is 12.8. The fourth-order valence-corrected chi connectivity index (χ4v) is 3.56. The van der Waals surface area contributed by atoms with Crippen molar-refractivity contribution in [2.75, 3.05) is 25.5 Å². The van der Waals surface area contributed by atoms with E-state index in [0.29, 0.717) is 17.9 Å². The smallest absolute Gasteiger partial charge is 0.225 e. The highest BCUT2D eigenvalue weighted by Crippen LogP contribution is 2.38. The summed E-state index contributed by atoms with van der Waals surface area (Å²) in [4.78, 5) is 12.8. The van der Waals surface area contributed by atoms with E-state index in [9.17, 15) is 4.79 Å². The molecule has 0 atom stereocenters. The third-order valence-electron chi connectivity index (χ3n) is 5.02. The van der Waals surface area contributed by atoms with Crippen LogP contribution in [-0.4, -0.2) is 31.1 Å². The average Bonchev–Trinajstić information content (AvgIpc) is 2.65. The first-order chi connectivity index (χ1) is 12.1. The Balaban J connectivity index is 1.80. The fourth-order valence-electron chi connectivity index (χ4n) is 3.56. The molecule has 2 aromatic carbocycles. The van der Waals surface area contributed by atoms with Crippen LogP contribution in [0, 0.1) is 0 Å². The van der Waals surface area contributed by atoms with Gasteiger partial charge < -0.3 is 10.1 Å². The molecule has 0 saturated carbocycles. The monoisotopic (exact) mass is 339 g/mol. The SMILES string of the molecule is COc1ccccc1NC(=O)CC1(c2ccccc2)CCN(N)CC1. The minimum Gasteiger partial charge on any atom is -0.495 e. The number of hydrogen-bond acceptors (Lipinski definition) is 4. The summed E-state index contributed by atoms with van der Waals surface area (Å²) in [6.45, 7) is 1.58. The van der Waals surface area contributed by atoms with E-state index < -0.39 is 0 Å². The molecule has 0 aromatic heterocycles. The van der Waals surface area contributed by atoms with Crippen LogP contribution in [0.2, 0.25) is 0 Å². The van der Waals surface area contributed by atoms with E-state index in [1.54, 1.807) is 7.11 Å². The zero-order chi connectivity index (χ0) is 17.7. The number of carbonyl (C=O) groups excluding carboxylic acids is 1. The number of para-hydroxylation sites is 2. The van der Waals surface area contributed by atoms with E-state index in [4.69, 9.17) is 10.6 Å². The minimum absolute atomic E-state index is 0.00109. The summed E-state index contributed by atoms with van der Waals surface area (Å²) in [5.74, 6) is 6.61. The first-order valence-electron chi connectivity index (χ1n) is 8.61. The van der Waals surface area contributed by atoms with Gasteiger partial charge in [0.15, 0.2) is 0 Å². The second-order valence-electron chi connectivity index (χ2n) is 6.61. The van der Waals surface area contributed by atoms with Crippen LogP contribution in [0.3, 0.4) is 0 Å². The molecule has 3 N–H and O–H groups in total. The van der Waals surface area contributed by atoms with Gasteiger partial charge in [0.25, 0.3) is 0 Å². The number of nitrogens with two attached hydrogens (primary N) is 1. The number of anilines is 1. The molecule has 1 saturated heterocycles. The van der Waals surface area contributed by atoms with Gasteiger partial charge in [0.2, 0.25) is 5.91 Å². The van der Waals surface area contributed by atoms with Crippen molar-refractivity contribution in [2.45, 2.75) is 24.7 Å². The highest BCUT2D eigenvalue weighted by Gasteiger charge is 2.37. The van der Waals surface area contributed by atoms with Gasteiger partial charge in [0.1, 0.15) is 5.75 Å². The number of amides is 1. The van der Waals surface area contributed by atoms with Gasteiger partial charge >= 0.3 is 0 Å². The Kier molecular flexibility index (Phi) is 5.36. The van der Waals surface area contributed by atoms with Gasteiger partial charge in [-0.2, -0.15) is 0 Å². The van der Waals surface area contributed by atoms with Crippen LogP contribution >= 0.6 is 0 Å². The van der Waals surface area contributed by atoms with Gasteiger partial charge in [-0.3, -0.25) is 10.6 Å². The number of hydrazine groups is 1. The van der Waals surface area contributed by atoms with E-state index in [1.807, 2.05) is 47.5 Å². The Labute approximate surface area is 148 Å². The van der Waals surface area contributed by atoms with Crippen LogP contribution in [0.15, 0.2) is 54.6 Å². The standard InChI is InChI=1S/C20H25N3O2/c1-25-18-10-6-5-9-17(18)22-19(24)15-20(11-13-23(21)14-12-20)16-7-3-2-4-8-16/h2-10H,11-15,21H2,1H3,(H,22,24). The van der Waals surface area contributed by atoms with E-state index in [1.165, 1.54) is 5.56 Å². The molecular weight excluding hydrogens is 314 g/mol. The van der Waals surface area contributed by atoms with Gasteiger partial charge in [-0.05, 0) is 30.5 Å². The van der Waals surface area contributed by atoms with Crippen molar-refractivity contribution in [3.63, 3.8) is 0 Å². The van der Waals surface area contributed by atoms with Gasteiger partial charge in [0.05, 0.1) is 12.8 Å². The molecule has 5 nitrogen and oxygen atoms in total. The third-order valence-corrected chi connectivity index (χ3v) is 5.02. The van der Waals surface area contributed by atoms with E-state index in [2.05, 4.69) is 17.4 Å². The van der Waals surface area contributed by atoms with E-state index in [-0.39, 0.29) is 11.3 Å². The molecule has 2 aromatic rings. The lowest BCUT2D eigenvalue weighted by Crippen LogP contribution is -2.47. The van der Waals surface area contributed by atoms with Crippen LogP contribution in [0.5, 0.6) is 5.75 Å². The lowest BCUT2D eigenvalue weighted by Gasteiger charge is -2.40. The second kappa shape index (κ2) is 7.68. The second-order valence-corrected chi connectivity index (χ2v) is 6.61. The summed E-state index contributed by atoms with van der Waals surface area (Å²) in [6.07, 6.45) is 2.17. The van der Waals surface area contributed by atoms with Crippen LogP contribution in [-0.2, 0) is 10.2 Å². The van der Waals surface area contributed by atoms with Crippen molar-refractivity contribution in [3.05, 3.63) is 60.2 Å². The van der Waals surface area contributed by atoms with Gasteiger partial charge in [-0.25, -0.2) is 5.01 Å². The predicted molar refractivity (Wildman–Crippen MR) is 99.4 cm³/mol. The van der Waals surface area contributed by atoms with Crippen LogP contribution in [0.4, 0.5) is 5.69 Å². The Hall–Kier alpha value is -2.37. The zero-order valence-electron chi connectivity index (χ0n) is 14.6. The number of carbonyl (C=O) groups is 1. The van der Waals surface area contributed by atoms with E-state index >= 15 is 0 Å². The molecule has 0 bridgehead atoms. The number of piperidine rings is 1. The summed E-state index contributed by atoms with van der Waals surface area (Å²) >= 11 is 0. The summed E-state index contributed by atoms with van der Waals surface area (Å²) in [7, 11) is 1.60. The maximum Gasteiger partial charge on any atom is 0.225 e. The van der Waals surface area contributed by atoms with Gasteiger partial charge in [0, 0.05) is 24.9 Å². The van der Waals surface area contributed by atoms with Crippen LogP contribution in [0.1, 0.15) is 24.8 Å². The highest BCUT2D eigenvalue weighted by molar-refractivity contribution is 5.93. The molecule has 0 unspecified atom stereocenters. The number of ether oxygens (including phenoxy) is 1. The number of rotatable bonds is 5. The minimum atomic E-state index is -0.177. The molecule has 3 rings (SSSR count). The largest absolute Gasteiger partial charge is 0.495 e. The lowest BCUT2D eigenvalue weighted by molar-refractivity contribution is -0.118. The molecule has 1 aliphatic rings. The summed E-state index contributed by atoms with van der Waals surface area (Å²) < 4.78 is 5.32. The van der Waals surface area contributed by atoms with Crippen molar-refractivity contribution >= 4 is 11.6 Å². The molecular formula is C20H25N3O2. The summed E-state index contributed by atoms with van der Waals surface area (Å²) in [6, 6.07) is 17.8. The van der Waals surface area contributed by atoms with Crippen molar-refractivity contribution < 1.29 is 9.53 Å². The quantitative estimate of drug-likeness (QED) is 0.822. The van der Waals surface area contributed by atoms with Gasteiger partial charge in [-0.15, -0.1) is 0 Å². The summed E-state index contributed by atoms with van der Waals surface area (Å²) in [5.41, 5.74) is 1.73. The molecule has 0 spiro atoms. The van der Waals surface area contributed by atoms with Crippen molar-refractivity contribution in [1.29, 1.82) is 0 Å². The number of nitrogens with one attached hydrogen (secondary N) is 1. The number of methoxy groups -OCH3 is 1. The summed E-state index contributed by atoms with van der Waals surface area (Å²) in [5, 5.41) is 4.84. The van der Waals surface area contributed by atoms with Crippen LogP contribution in [0.25, 0.3) is 0 Å². The molecule has 0 radical (unpaired) electrons. The van der Waals surface area contributed by atoms with Crippen molar-refractivity contribution in [1.82, 2.24) is 5.01 Å². The zero-order valence-corrected chi connectivity index (χ0v) is 14.6. The molecule has 1 amide bonds. The number of benzene rings is 2. The Morgan fingerprint density at radius 3 is 2.44 bits per heavy atom. The average molecular weight is 339 g/mol. The third kappa shape index (κ3) is 4.00. The normalized spacial score (nSPS) is 17.0. The topological polar surface area (TPSA) is 67.6 Å². The molecule has 0 aliphatic carbocycles. The number of nitrogens with zero attached hydrogens (tertiary/aromatic N) is 1. The molecule has 1 heterocycles. The van der Waals surface area contributed by atoms with Crippen molar-refractivity contribution in [2.24, 2.45) is 5.84 Å². The van der Waals surface area contributed by atoms with Crippen LogP contribution < -0.4 is 15.9 Å². The molecule has 132 valence electrons. The first-order valence-corrected chi connectivity index (χ1v) is 8.61. The predicted octanol–water partition coefficient (Wildman–Crippen LogP) is 2.93. The Morgan fingerprint density at radius 1 is 1.12 bits per heavy atom. The Morgan fingerprint density at radius 2 is 1.76 bits per heavy atom. The lowest BCUT2D eigenvalue weighted by atomic mass is 9.70. The molecule has 1 fully saturated rings. The highest BCUT2D eigenvalue weighted by atomic mass is 16.5. The Bertz CT molecular complexity index is 710. The van der Waals surface area contributed by atoms with Gasteiger partial charge in [-0.1, -0.05) is 42.5 Å². The molecule has 1 aliphatic heterocycles. The molecule has 25 heavy (non-hydrogen) atoms. The molecule has 5 heteroatoms. The maximum atomic E-state index is 12.8. The van der Waals surface area contributed by atoms with E-state index in [0.717, 1.165) is 25.9 Å².